The number of hydrogen-bond donors (Lipinski definition) is 1. The number of carbonyl (C=O) groups excluding carboxylic acids is 1. The van der Waals surface area contributed by atoms with Gasteiger partial charge in [-0.1, -0.05) is 35.9 Å². The van der Waals surface area contributed by atoms with Crippen molar-refractivity contribution in [1.82, 2.24) is 5.43 Å². The molecule has 0 aromatic heterocycles. The van der Waals surface area contributed by atoms with Crippen molar-refractivity contribution >= 4 is 51.2 Å². The highest BCUT2D eigenvalue weighted by atomic mass is 35.5. The molecule has 182 valence electrons. The summed E-state index contributed by atoms with van der Waals surface area (Å²) >= 11 is 8.09. The topological polar surface area (TPSA) is 88.1 Å². The van der Waals surface area contributed by atoms with Crippen LogP contribution in [0.5, 0.6) is 5.75 Å². The van der Waals surface area contributed by atoms with Gasteiger partial charge in [0.15, 0.2) is 0 Å². The Balaban J connectivity index is 1.47. The second-order valence-corrected chi connectivity index (χ2v) is 11.2. The van der Waals surface area contributed by atoms with E-state index in [-0.39, 0.29) is 11.0 Å². The molecule has 3 aromatic rings. The van der Waals surface area contributed by atoms with Gasteiger partial charge in [-0.15, -0.1) is 0 Å². The standard InChI is InChI=1S/C25H24ClN3O4S2/c1-18-23(26)8-5-9-24(18)29(35(31,32)22-6-3-2-4-7-22)15-25(30)28-27-14-19-10-12-20(13-11-19)33-21-16-34-17-21/h2-14,21H,15-17H2,1H3,(H,28,30)/b27-14-. The normalized spacial score (nSPS) is 13.9. The van der Waals surface area contributed by atoms with Crippen molar-refractivity contribution in [3.05, 3.63) is 88.9 Å². The number of anilines is 1. The Morgan fingerprint density at radius 3 is 2.49 bits per heavy atom. The Hall–Kier alpha value is -3.01. The minimum atomic E-state index is -4.03. The maximum absolute atomic E-state index is 13.4. The minimum absolute atomic E-state index is 0.0680. The van der Waals surface area contributed by atoms with E-state index >= 15 is 0 Å². The maximum atomic E-state index is 13.4. The van der Waals surface area contributed by atoms with Crippen LogP contribution in [0.2, 0.25) is 5.02 Å². The van der Waals surface area contributed by atoms with E-state index in [9.17, 15) is 13.2 Å². The average molecular weight is 530 g/mol. The Morgan fingerprint density at radius 1 is 1.11 bits per heavy atom. The monoisotopic (exact) mass is 529 g/mol. The van der Waals surface area contributed by atoms with E-state index in [1.807, 2.05) is 36.0 Å². The van der Waals surface area contributed by atoms with Gasteiger partial charge >= 0.3 is 0 Å². The van der Waals surface area contributed by atoms with Crippen molar-refractivity contribution in [3.8, 4) is 5.75 Å². The minimum Gasteiger partial charge on any atom is -0.489 e. The highest BCUT2D eigenvalue weighted by Gasteiger charge is 2.28. The summed E-state index contributed by atoms with van der Waals surface area (Å²) in [5.74, 6) is 2.19. The van der Waals surface area contributed by atoms with Gasteiger partial charge in [0.05, 0.1) is 16.8 Å². The summed E-state index contributed by atoms with van der Waals surface area (Å²) in [6, 6.07) is 20.2. The highest BCUT2D eigenvalue weighted by molar-refractivity contribution is 8.00. The molecule has 1 aliphatic heterocycles. The van der Waals surface area contributed by atoms with Crippen molar-refractivity contribution < 1.29 is 17.9 Å². The summed E-state index contributed by atoms with van der Waals surface area (Å²) in [7, 11) is -4.03. The van der Waals surface area contributed by atoms with Crippen LogP contribution in [0, 0.1) is 6.92 Å². The Bertz CT molecular complexity index is 1310. The van der Waals surface area contributed by atoms with E-state index < -0.39 is 22.5 Å². The number of nitrogens with one attached hydrogen (secondary N) is 1. The molecule has 1 aliphatic rings. The molecule has 1 fully saturated rings. The molecular formula is C25H24ClN3O4S2. The molecule has 4 rings (SSSR count). The van der Waals surface area contributed by atoms with Gasteiger partial charge in [-0.3, -0.25) is 9.10 Å². The molecule has 3 aromatic carbocycles. The number of carbonyl (C=O) groups is 1. The van der Waals surface area contributed by atoms with Crippen LogP contribution in [0.15, 0.2) is 82.8 Å². The van der Waals surface area contributed by atoms with E-state index in [1.54, 1.807) is 43.3 Å². The Morgan fingerprint density at radius 2 is 1.83 bits per heavy atom. The summed E-state index contributed by atoms with van der Waals surface area (Å²) < 4.78 is 33.7. The van der Waals surface area contributed by atoms with Crippen molar-refractivity contribution in [2.45, 2.75) is 17.9 Å². The van der Waals surface area contributed by atoms with Crippen LogP contribution in [-0.4, -0.2) is 44.7 Å². The maximum Gasteiger partial charge on any atom is 0.264 e. The lowest BCUT2D eigenvalue weighted by molar-refractivity contribution is -0.119. The molecule has 1 saturated heterocycles. The molecule has 1 amide bonds. The van der Waals surface area contributed by atoms with Gasteiger partial charge < -0.3 is 4.74 Å². The molecule has 1 N–H and O–H groups in total. The predicted molar refractivity (Wildman–Crippen MR) is 141 cm³/mol. The molecular weight excluding hydrogens is 506 g/mol. The Kier molecular flexibility index (Phi) is 8.00. The first-order valence-electron chi connectivity index (χ1n) is 10.8. The molecule has 1 heterocycles. The molecule has 0 radical (unpaired) electrons. The smallest absolute Gasteiger partial charge is 0.264 e. The quantitative estimate of drug-likeness (QED) is 0.326. The van der Waals surface area contributed by atoms with Crippen LogP contribution in [0.4, 0.5) is 5.69 Å². The molecule has 0 bridgehead atoms. The molecule has 10 heteroatoms. The summed E-state index contributed by atoms with van der Waals surface area (Å²) in [6.07, 6.45) is 1.75. The van der Waals surface area contributed by atoms with Gasteiger partial charge in [0, 0.05) is 16.5 Å². The zero-order valence-electron chi connectivity index (χ0n) is 18.9. The fourth-order valence-electron chi connectivity index (χ4n) is 3.34. The zero-order valence-corrected chi connectivity index (χ0v) is 21.3. The average Bonchev–Trinajstić information content (AvgIpc) is 2.83. The van der Waals surface area contributed by atoms with Crippen molar-refractivity contribution in [3.63, 3.8) is 0 Å². The largest absolute Gasteiger partial charge is 0.489 e. The van der Waals surface area contributed by atoms with Crippen molar-refractivity contribution in [1.29, 1.82) is 0 Å². The molecule has 35 heavy (non-hydrogen) atoms. The number of rotatable bonds is 9. The van der Waals surface area contributed by atoms with Crippen LogP contribution in [0.1, 0.15) is 11.1 Å². The van der Waals surface area contributed by atoms with Gasteiger partial charge in [0.25, 0.3) is 15.9 Å². The fourth-order valence-corrected chi connectivity index (χ4v) is 5.57. The number of amides is 1. The number of halogens is 1. The molecule has 0 aliphatic carbocycles. The first-order chi connectivity index (χ1) is 16.8. The number of thioether (sulfide) groups is 1. The third-order valence-electron chi connectivity index (χ3n) is 5.32. The van der Waals surface area contributed by atoms with Crippen molar-refractivity contribution in [2.75, 3.05) is 22.4 Å². The second-order valence-electron chi connectivity index (χ2n) is 7.85. The van der Waals surface area contributed by atoms with Crippen LogP contribution < -0.4 is 14.5 Å². The lowest BCUT2D eigenvalue weighted by Gasteiger charge is -2.25. The van der Waals surface area contributed by atoms with Crippen LogP contribution >= 0.6 is 23.4 Å². The predicted octanol–water partition coefficient (Wildman–Crippen LogP) is 4.49. The SMILES string of the molecule is Cc1c(Cl)cccc1N(CC(=O)N/N=C\c1ccc(OC2CSC2)cc1)S(=O)(=O)c1ccccc1. The molecule has 7 nitrogen and oxygen atoms in total. The first-order valence-corrected chi connectivity index (χ1v) is 13.8. The summed E-state index contributed by atoms with van der Waals surface area (Å²) in [4.78, 5) is 12.8. The summed E-state index contributed by atoms with van der Waals surface area (Å²) in [6.45, 7) is 1.24. The van der Waals surface area contributed by atoms with Gasteiger partial charge in [-0.25, -0.2) is 13.8 Å². The Labute approximate surface area is 214 Å². The van der Waals surface area contributed by atoms with Gasteiger partial charge in [-0.2, -0.15) is 16.9 Å². The number of benzene rings is 3. The lowest BCUT2D eigenvalue weighted by Crippen LogP contribution is -2.40. The number of sulfonamides is 1. The van der Waals surface area contributed by atoms with Crippen molar-refractivity contribution in [2.24, 2.45) is 5.10 Å². The van der Waals surface area contributed by atoms with Gasteiger partial charge in [0.2, 0.25) is 0 Å². The summed E-state index contributed by atoms with van der Waals surface area (Å²) in [5, 5.41) is 4.39. The third kappa shape index (κ3) is 6.17. The van der Waals surface area contributed by atoms with Gasteiger partial charge in [-0.05, 0) is 66.6 Å². The number of hydrogen-bond acceptors (Lipinski definition) is 6. The van der Waals surface area contributed by atoms with E-state index in [0.29, 0.717) is 16.3 Å². The second kappa shape index (κ2) is 11.2. The van der Waals surface area contributed by atoms with Crippen LogP contribution in [-0.2, 0) is 14.8 Å². The third-order valence-corrected chi connectivity index (χ3v) is 8.72. The van der Waals surface area contributed by atoms with E-state index in [2.05, 4.69) is 10.5 Å². The molecule has 0 unspecified atom stereocenters. The number of nitrogens with zero attached hydrogens (tertiary/aromatic N) is 2. The fraction of sp³-hybridized carbons (Fsp3) is 0.200. The molecule has 0 saturated carbocycles. The highest BCUT2D eigenvalue weighted by Crippen LogP contribution is 2.30. The first kappa shape index (κ1) is 25.1. The number of hydrazone groups is 1. The van der Waals surface area contributed by atoms with E-state index in [0.717, 1.165) is 27.1 Å². The number of ether oxygens (including phenoxy) is 1. The molecule has 0 atom stereocenters. The molecule has 0 spiro atoms. The van der Waals surface area contributed by atoms with Gasteiger partial charge in [0.1, 0.15) is 18.4 Å². The summed E-state index contributed by atoms with van der Waals surface area (Å²) in [5.41, 5.74) is 4.04. The van der Waals surface area contributed by atoms with E-state index in [4.69, 9.17) is 16.3 Å². The zero-order chi connectivity index (χ0) is 24.8. The van der Waals surface area contributed by atoms with E-state index in [1.165, 1.54) is 18.3 Å². The van der Waals surface area contributed by atoms with Crippen LogP contribution in [0.25, 0.3) is 0 Å². The van der Waals surface area contributed by atoms with Crippen LogP contribution in [0.3, 0.4) is 0 Å². The lowest BCUT2D eigenvalue weighted by atomic mass is 10.2.